The lowest BCUT2D eigenvalue weighted by molar-refractivity contribution is 0.111. The van der Waals surface area contributed by atoms with Crippen LogP contribution in [0.1, 0.15) is 0 Å². The predicted molar refractivity (Wildman–Crippen MR) is 111 cm³/mol. The second-order valence-electron chi connectivity index (χ2n) is 6.29. The van der Waals surface area contributed by atoms with E-state index in [1.165, 1.54) is 0 Å². The monoisotopic (exact) mass is 397 g/mol. The Kier molecular flexibility index (Phi) is 5.64. The highest BCUT2D eigenvalue weighted by molar-refractivity contribution is 7.07. The number of morpholine rings is 1. The Balaban J connectivity index is 1.84. The van der Waals surface area contributed by atoms with Crippen molar-refractivity contribution in [2.45, 2.75) is 0 Å². The minimum Gasteiger partial charge on any atom is -0.497 e. The van der Waals surface area contributed by atoms with Gasteiger partial charge in [0.1, 0.15) is 17.2 Å². The average Bonchev–Trinajstić information content (AvgIpc) is 3.18. The molecular formula is C21H23N3O3S. The van der Waals surface area contributed by atoms with Crippen molar-refractivity contribution in [3.63, 3.8) is 0 Å². The van der Waals surface area contributed by atoms with Gasteiger partial charge in [-0.25, -0.2) is 9.67 Å². The molecule has 0 atom stereocenters. The molecule has 0 aliphatic carbocycles. The van der Waals surface area contributed by atoms with Gasteiger partial charge in [0.25, 0.3) is 0 Å². The van der Waals surface area contributed by atoms with Gasteiger partial charge in [-0.3, -0.25) is 0 Å². The van der Waals surface area contributed by atoms with Gasteiger partial charge in [0.05, 0.1) is 46.2 Å². The first-order valence-electron chi connectivity index (χ1n) is 9.16. The molecule has 0 N–H and O–H groups in total. The standard InChI is InChI=1S/C21H23N3O3S/c1-25-17-9-7-16(8-10-17)19-15-28-21(24(19)23-11-13-27-14-12-23)22-18-5-3-4-6-20(18)26-2/h3-10,15H,11-14H2,1-2H3. The third kappa shape index (κ3) is 3.76. The lowest BCUT2D eigenvalue weighted by Gasteiger charge is -2.31. The molecule has 1 aliphatic rings. The van der Waals surface area contributed by atoms with E-state index in [0.717, 1.165) is 46.3 Å². The minimum atomic E-state index is 0.707. The molecule has 1 aromatic heterocycles. The lowest BCUT2D eigenvalue weighted by Crippen LogP contribution is -2.48. The molecule has 0 spiro atoms. The van der Waals surface area contributed by atoms with E-state index >= 15 is 0 Å². The maximum absolute atomic E-state index is 5.55. The molecule has 1 saturated heterocycles. The molecule has 146 valence electrons. The van der Waals surface area contributed by atoms with Crippen molar-refractivity contribution >= 4 is 17.0 Å². The van der Waals surface area contributed by atoms with Gasteiger partial charge in [0.2, 0.25) is 4.80 Å². The van der Waals surface area contributed by atoms with Crippen LogP contribution >= 0.6 is 11.3 Å². The average molecular weight is 398 g/mol. The van der Waals surface area contributed by atoms with Crippen molar-refractivity contribution < 1.29 is 14.2 Å². The molecule has 0 unspecified atom stereocenters. The van der Waals surface area contributed by atoms with Gasteiger partial charge in [0.15, 0.2) is 0 Å². The minimum absolute atomic E-state index is 0.707. The first-order chi connectivity index (χ1) is 13.8. The number of para-hydroxylation sites is 2. The molecule has 0 radical (unpaired) electrons. The summed E-state index contributed by atoms with van der Waals surface area (Å²) in [7, 11) is 3.35. The van der Waals surface area contributed by atoms with Gasteiger partial charge in [-0.1, -0.05) is 12.1 Å². The van der Waals surface area contributed by atoms with Crippen molar-refractivity contribution in [3.05, 3.63) is 58.7 Å². The Morgan fingerprint density at radius 3 is 2.43 bits per heavy atom. The van der Waals surface area contributed by atoms with E-state index < -0.39 is 0 Å². The number of nitrogens with zero attached hydrogens (tertiary/aromatic N) is 3. The number of hydrogen-bond acceptors (Lipinski definition) is 6. The van der Waals surface area contributed by atoms with Crippen LogP contribution in [0.15, 0.2) is 58.9 Å². The van der Waals surface area contributed by atoms with Gasteiger partial charge in [-0.05, 0) is 36.4 Å². The molecule has 2 heterocycles. The molecule has 28 heavy (non-hydrogen) atoms. The molecule has 0 amide bonds. The molecule has 1 fully saturated rings. The first-order valence-corrected chi connectivity index (χ1v) is 10.0. The molecule has 3 aromatic rings. The summed E-state index contributed by atoms with van der Waals surface area (Å²) in [4.78, 5) is 5.82. The molecular weight excluding hydrogens is 374 g/mol. The van der Waals surface area contributed by atoms with Crippen molar-refractivity contribution in [2.75, 3.05) is 45.5 Å². The normalized spacial score (nSPS) is 14.9. The van der Waals surface area contributed by atoms with Gasteiger partial charge < -0.3 is 19.2 Å². The van der Waals surface area contributed by atoms with Crippen LogP contribution < -0.4 is 19.3 Å². The highest BCUT2D eigenvalue weighted by atomic mass is 32.1. The number of benzene rings is 2. The summed E-state index contributed by atoms with van der Waals surface area (Å²) in [6.07, 6.45) is 0. The zero-order valence-corrected chi connectivity index (χ0v) is 16.8. The highest BCUT2D eigenvalue weighted by Crippen LogP contribution is 2.27. The van der Waals surface area contributed by atoms with Gasteiger partial charge in [-0.15, -0.1) is 11.3 Å². The maximum Gasteiger partial charge on any atom is 0.209 e. The smallest absolute Gasteiger partial charge is 0.209 e. The van der Waals surface area contributed by atoms with E-state index in [2.05, 4.69) is 27.2 Å². The van der Waals surface area contributed by atoms with E-state index in [1.807, 2.05) is 36.4 Å². The topological polar surface area (TPSA) is 48.2 Å². The quantitative estimate of drug-likeness (QED) is 0.662. The van der Waals surface area contributed by atoms with Crippen LogP contribution in [0.25, 0.3) is 11.3 Å². The molecule has 1 aliphatic heterocycles. The number of ether oxygens (including phenoxy) is 3. The van der Waals surface area contributed by atoms with Crippen LogP contribution in [0.3, 0.4) is 0 Å². The Morgan fingerprint density at radius 2 is 1.71 bits per heavy atom. The number of hydrogen-bond donors (Lipinski definition) is 0. The van der Waals surface area contributed by atoms with Gasteiger partial charge >= 0.3 is 0 Å². The largest absolute Gasteiger partial charge is 0.497 e. The first kappa shape index (κ1) is 18.6. The van der Waals surface area contributed by atoms with Crippen LogP contribution in [0.4, 0.5) is 5.69 Å². The fourth-order valence-corrected chi connectivity index (χ4v) is 4.11. The Morgan fingerprint density at radius 1 is 0.964 bits per heavy atom. The van der Waals surface area contributed by atoms with Crippen LogP contribution in [0.5, 0.6) is 11.5 Å². The summed E-state index contributed by atoms with van der Waals surface area (Å²) < 4.78 is 18.5. The number of rotatable bonds is 5. The van der Waals surface area contributed by atoms with Crippen molar-refractivity contribution in [2.24, 2.45) is 4.99 Å². The van der Waals surface area contributed by atoms with Gasteiger partial charge in [-0.2, -0.15) is 0 Å². The lowest BCUT2D eigenvalue weighted by atomic mass is 10.2. The fraction of sp³-hybridized carbons (Fsp3) is 0.286. The number of methoxy groups -OCH3 is 2. The fourth-order valence-electron chi connectivity index (χ4n) is 3.19. The van der Waals surface area contributed by atoms with E-state index in [-0.39, 0.29) is 0 Å². The molecule has 6 nitrogen and oxygen atoms in total. The summed E-state index contributed by atoms with van der Waals surface area (Å²) >= 11 is 1.62. The Bertz CT molecular complexity index is 989. The number of thiazole rings is 1. The second kappa shape index (κ2) is 8.50. The summed E-state index contributed by atoms with van der Waals surface area (Å²) in [6.45, 7) is 3.05. The zero-order valence-electron chi connectivity index (χ0n) is 16.0. The molecule has 7 heteroatoms. The molecule has 0 saturated carbocycles. The van der Waals surface area contributed by atoms with E-state index in [4.69, 9.17) is 19.2 Å². The van der Waals surface area contributed by atoms with Crippen LogP contribution in [-0.4, -0.2) is 45.2 Å². The summed E-state index contributed by atoms with van der Waals surface area (Å²) in [5, 5.41) is 4.43. The van der Waals surface area contributed by atoms with E-state index in [9.17, 15) is 0 Å². The maximum atomic E-state index is 5.55. The third-order valence-electron chi connectivity index (χ3n) is 4.64. The molecule has 4 rings (SSSR count). The molecule has 2 aromatic carbocycles. The Labute approximate surface area is 168 Å². The molecule has 0 bridgehead atoms. The predicted octanol–water partition coefficient (Wildman–Crippen LogP) is 3.43. The van der Waals surface area contributed by atoms with Crippen LogP contribution in [0.2, 0.25) is 0 Å². The van der Waals surface area contributed by atoms with Crippen molar-refractivity contribution in [1.82, 2.24) is 4.68 Å². The summed E-state index contributed by atoms with van der Waals surface area (Å²) in [5.74, 6) is 1.60. The number of aromatic nitrogens is 1. The Hall–Kier alpha value is -2.77. The van der Waals surface area contributed by atoms with Gasteiger partial charge in [0, 0.05) is 10.9 Å². The van der Waals surface area contributed by atoms with Crippen molar-refractivity contribution in [1.29, 1.82) is 0 Å². The summed E-state index contributed by atoms with van der Waals surface area (Å²) in [5.41, 5.74) is 3.03. The second-order valence-corrected chi connectivity index (χ2v) is 7.13. The van der Waals surface area contributed by atoms with Crippen LogP contribution in [0, 0.1) is 0 Å². The van der Waals surface area contributed by atoms with Crippen LogP contribution in [-0.2, 0) is 4.74 Å². The van der Waals surface area contributed by atoms with E-state index in [0.29, 0.717) is 13.2 Å². The van der Waals surface area contributed by atoms with Crippen molar-refractivity contribution in [3.8, 4) is 22.8 Å². The SMILES string of the molecule is COc1ccc(-c2csc(=Nc3ccccc3OC)n2N2CCOCC2)cc1. The third-order valence-corrected chi connectivity index (χ3v) is 5.46. The summed E-state index contributed by atoms with van der Waals surface area (Å²) in [6, 6.07) is 15.9. The van der Waals surface area contributed by atoms with E-state index in [1.54, 1.807) is 25.6 Å². The zero-order chi connectivity index (χ0) is 19.3. The highest BCUT2D eigenvalue weighted by Gasteiger charge is 2.17.